The minimum Gasteiger partial charge on any atom is -0.575 e. The fraction of sp³-hybridized carbons (Fsp3) is 0. The predicted octanol–water partition coefficient (Wildman–Crippen LogP) is 4.23. The van der Waals surface area contributed by atoms with Gasteiger partial charge in [0, 0.05) is 11.3 Å². The van der Waals surface area contributed by atoms with Crippen molar-refractivity contribution in [3.8, 4) is 0 Å². The molecule has 8 nitrogen and oxygen atoms in total. The summed E-state index contributed by atoms with van der Waals surface area (Å²) in [5.41, 5.74) is 5.32. The molecule has 0 amide bonds. The molecule has 4 rings (SSSR count). The molecule has 1 aromatic carbocycles. The summed E-state index contributed by atoms with van der Waals surface area (Å²) in [6.45, 7) is 0. The summed E-state index contributed by atoms with van der Waals surface area (Å²) >= 11 is 0. The Morgan fingerprint density at radius 2 is 1.52 bits per heavy atom. The molecule has 2 N–H and O–H groups in total. The summed E-state index contributed by atoms with van der Waals surface area (Å²) in [6, 6.07) is 4.97. The van der Waals surface area contributed by atoms with Crippen molar-refractivity contribution in [1.29, 1.82) is 0 Å². The van der Waals surface area contributed by atoms with Crippen LogP contribution in [0.15, 0.2) is 105 Å². The molecule has 3 aliphatic rings. The van der Waals surface area contributed by atoms with Crippen LogP contribution in [-0.4, -0.2) is 31.7 Å². The van der Waals surface area contributed by atoms with E-state index in [9.17, 15) is 21.4 Å². The number of benzene rings is 1. The Labute approximate surface area is 203 Å². The van der Waals surface area contributed by atoms with Gasteiger partial charge in [-0.05, 0) is 29.9 Å². The molecule has 0 aromatic heterocycles. The molecule has 0 bridgehead atoms. The molecule has 0 spiro atoms. The Balaban J connectivity index is 0.000000568. The minimum atomic E-state index is -4.48. The predicted molar refractivity (Wildman–Crippen MR) is 123 cm³/mol. The van der Waals surface area contributed by atoms with Crippen molar-refractivity contribution < 1.29 is 43.0 Å². The van der Waals surface area contributed by atoms with Crippen LogP contribution in [0.5, 0.6) is 0 Å². The van der Waals surface area contributed by atoms with E-state index in [2.05, 4.69) is 10.5 Å². The van der Waals surface area contributed by atoms with Gasteiger partial charge in [0.15, 0.2) is 0 Å². The maximum atomic E-state index is 11.7. The number of hydrogen-bond donors (Lipinski definition) is 2. The van der Waals surface area contributed by atoms with E-state index in [-0.39, 0.29) is 38.3 Å². The van der Waals surface area contributed by atoms with E-state index >= 15 is 0 Å². The molecule has 3 aliphatic carbocycles. The molecular weight excluding hydrogens is 508 g/mol. The van der Waals surface area contributed by atoms with Gasteiger partial charge in [-0.1, -0.05) is 42.5 Å². The Hall–Kier alpha value is -2.66. The zero-order valence-electron chi connectivity index (χ0n) is 16.8. The van der Waals surface area contributed by atoms with Crippen molar-refractivity contribution in [2.45, 2.75) is 4.90 Å². The van der Waals surface area contributed by atoms with Crippen molar-refractivity contribution in [2.75, 3.05) is 0 Å². The van der Waals surface area contributed by atoms with Crippen LogP contribution in [0.1, 0.15) is 0 Å². The van der Waals surface area contributed by atoms with Crippen molar-refractivity contribution >= 4 is 31.6 Å². The van der Waals surface area contributed by atoms with E-state index in [1.807, 2.05) is 31.4 Å². The smallest absolute Gasteiger partial charge is 0.575 e. The first kappa shape index (κ1) is 26.6. The minimum absolute atomic E-state index is 0. The van der Waals surface area contributed by atoms with E-state index in [0.29, 0.717) is 11.1 Å². The summed E-state index contributed by atoms with van der Waals surface area (Å²) in [5, 5.41) is 3.90. The van der Waals surface area contributed by atoms with Gasteiger partial charge in [0.05, 0.1) is 4.90 Å². The maximum Gasteiger partial charge on any atom is 2.00 e. The third-order valence-electron chi connectivity index (χ3n) is 4.19. The van der Waals surface area contributed by atoms with Crippen LogP contribution >= 0.6 is 0 Å². The normalized spacial score (nSPS) is 17.9. The zero-order valence-corrected chi connectivity index (χ0v) is 19.6. The summed E-state index contributed by atoms with van der Waals surface area (Å²) in [4.78, 5) is -0.582. The van der Waals surface area contributed by atoms with Gasteiger partial charge < -0.3 is 10.5 Å². The number of hydrogen-bond acceptors (Lipinski definition) is 5. The largest absolute Gasteiger partial charge is 2.00 e. The topological polar surface area (TPSA) is 135 Å². The van der Waals surface area contributed by atoms with E-state index in [0.717, 1.165) is 12.1 Å². The van der Waals surface area contributed by atoms with E-state index < -0.39 is 20.2 Å². The molecule has 0 fully saturated rings. The van der Waals surface area contributed by atoms with Gasteiger partial charge in [-0.3, -0.25) is 9.11 Å². The first-order valence-corrected chi connectivity index (χ1v) is 12.0. The van der Waals surface area contributed by atoms with Crippen LogP contribution in [-0.2, 0) is 37.3 Å². The summed E-state index contributed by atoms with van der Waals surface area (Å²) in [6.07, 6.45) is 21.1. The fourth-order valence-electron chi connectivity index (χ4n) is 2.70. The second-order valence-corrected chi connectivity index (χ2v) is 9.27. The van der Waals surface area contributed by atoms with E-state index in [1.54, 1.807) is 24.3 Å². The van der Waals surface area contributed by atoms with Gasteiger partial charge in [-0.15, -0.1) is 18.5 Å². The van der Waals surface area contributed by atoms with Gasteiger partial charge in [0.1, 0.15) is 4.91 Å². The van der Waals surface area contributed by atoms with Crippen molar-refractivity contribution in [3.63, 3.8) is 0 Å². The molecule has 1 aromatic rings. The first-order chi connectivity index (χ1) is 15.1. The SMILES string of the molecule is O=S(=O)(O)C1=C/C(=N/[N-]c2ccc(S(=O)(=O)O)cc2)C=CC1=C1C=CC=C1.[CH]1[CH][CH-]C=C1.[Fe+2]. The molecule has 11 heteroatoms. The van der Waals surface area contributed by atoms with E-state index in [1.165, 1.54) is 30.4 Å². The molecule has 172 valence electrons. The van der Waals surface area contributed by atoms with Crippen LogP contribution in [0.4, 0.5) is 5.69 Å². The maximum absolute atomic E-state index is 11.7. The number of rotatable bonds is 4. The third kappa shape index (κ3) is 7.71. The summed E-state index contributed by atoms with van der Waals surface area (Å²) in [5.74, 6) is 0. The average Bonchev–Trinajstić information content (AvgIpc) is 3.48. The van der Waals surface area contributed by atoms with Gasteiger partial charge >= 0.3 is 17.1 Å². The number of allylic oxidation sites excluding steroid dienone is 11. The standard InChI is InChI=1S/C17H13N2O6S2.C5H5.Fe/c20-26(21,22)15-8-5-13(6-9-15)18-19-14-7-10-16(12-3-1-2-4-12)17(11-14)27(23,24)25;1-2-4-5-3-1;/h1-11H,(H,20,21,22)(H,23,24,25);1-5H;/q2*-1;+2/b19-14+;;. The van der Waals surface area contributed by atoms with Gasteiger partial charge in [-0.25, -0.2) is 18.6 Å². The summed E-state index contributed by atoms with van der Waals surface area (Å²) < 4.78 is 63.9. The summed E-state index contributed by atoms with van der Waals surface area (Å²) in [7, 11) is -8.78. The van der Waals surface area contributed by atoms with Gasteiger partial charge in [-0.2, -0.15) is 16.8 Å². The Kier molecular flexibility index (Phi) is 9.24. The first-order valence-electron chi connectivity index (χ1n) is 9.14. The molecule has 0 aliphatic heterocycles. The van der Waals surface area contributed by atoms with Crippen LogP contribution in [0.3, 0.4) is 0 Å². The molecule has 2 radical (unpaired) electrons. The monoisotopic (exact) mass is 526 g/mol. The number of nitrogens with zero attached hydrogens (tertiary/aromatic N) is 2. The average molecular weight is 526 g/mol. The van der Waals surface area contributed by atoms with Crippen molar-refractivity contribution in [3.05, 3.63) is 120 Å². The molecule has 33 heavy (non-hydrogen) atoms. The Morgan fingerprint density at radius 1 is 0.848 bits per heavy atom. The van der Waals surface area contributed by atoms with Gasteiger partial charge in [0.2, 0.25) is 0 Å². The molecule has 0 saturated carbocycles. The second kappa shape index (κ2) is 11.5. The molecule has 0 unspecified atom stereocenters. The van der Waals surface area contributed by atoms with Crippen molar-refractivity contribution in [2.24, 2.45) is 5.10 Å². The Bertz CT molecular complexity index is 1280. The Morgan fingerprint density at radius 3 is 2.00 bits per heavy atom. The van der Waals surface area contributed by atoms with E-state index in [4.69, 9.17) is 4.55 Å². The van der Waals surface area contributed by atoms with Crippen LogP contribution < -0.4 is 0 Å². The molecule has 0 saturated heterocycles. The van der Waals surface area contributed by atoms with Crippen LogP contribution in [0, 0.1) is 19.3 Å². The van der Waals surface area contributed by atoms with Crippen LogP contribution in [0.2, 0.25) is 0 Å². The molecular formula is C22H18FeN2O6S2. The fourth-order valence-corrected chi connectivity index (χ4v) is 3.91. The van der Waals surface area contributed by atoms with Crippen molar-refractivity contribution in [1.82, 2.24) is 0 Å². The second-order valence-electron chi connectivity index (χ2n) is 6.46. The molecule has 0 atom stereocenters. The third-order valence-corrected chi connectivity index (χ3v) is 5.95. The zero-order chi connectivity index (χ0) is 23.2. The van der Waals surface area contributed by atoms with Gasteiger partial charge in [0.25, 0.3) is 20.2 Å². The van der Waals surface area contributed by atoms with Crippen LogP contribution in [0.25, 0.3) is 5.43 Å². The quantitative estimate of drug-likeness (QED) is 0.261. The molecule has 0 heterocycles.